The highest BCUT2D eigenvalue weighted by atomic mass is 35.5. The highest BCUT2D eigenvalue weighted by Gasteiger charge is 2.16. The lowest BCUT2D eigenvalue weighted by Gasteiger charge is -2.05. The molecule has 1 N–H and O–H groups in total. The normalized spacial score (nSPS) is 11.5. The minimum Gasteiger partial charge on any atom is -0.388 e. The molecule has 4 rings (SSSR count). The zero-order valence-corrected chi connectivity index (χ0v) is 16.2. The van der Waals surface area contributed by atoms with Gasteiger partial charge in [0.2, 0.25) is 4.96 Å². The maximum atomic E-state index is 9.39. The average Bonchev–Trinajstić information content (AvgIpc) is 3.30. The number of benzene rings is 1. The fourth-order valence-corrected chi connectivity index (χ4v) is 4.55. The van der Waals surface area contributed by atoms with Crippen molar-refractivity contribution >= 4 is 39.7 Å². The molecule has 3 heterocycles. The molecule has 0 amide bonds. The molecule has 0 saturated heterocycles. The molecule has 4 aromatic rings. The number of fused-ring (bicyclic) bond motifs is 1. The van der Waals surface area contributed by atoms with E-state index in [0.29, 0.717) is 10.8 Å². The number of halogens is 1. The second-order valence-corrected chi connectivity index (χ2v) is 8.15. The summed E-state index contributed by atoms with van der Waals surface area (Å²) in [6.07, 6.45) is 2.83. The van der Waals surface area contributed by atoms with Crippen molar-refractivity contribution in [1.29, 1.82) is 0 Å². The summed E-state index contributed by atoms with van der Waals surface area (Å²) in [7, 11) is 0. The van der Waals surface area contributed by atoms with Gasteiger partial charge in [-0.1, -0.05) is 42.0 Å². The third-order valence-electron chi connectivity index (χ3n) is 3.73. The topological polar surface area (TPSA) is 81.1 Å². The molecule has 0 unspecified atom stereocenters. The summed E-state index contributed by atoms with van der Waals surface area (Å²) in [6, 6.07) is 7.57. The molecule has 3 aromatic heterocycles. The summed E-state index contributed by atoms with van der Waals surface area (Å²) >= 11 is 8.85. The summed E-state index contributed by atoms with van der Waals surface area (Å²) in [4.78, 5) is 5.44. The molecule has 0 aliphatic rings. The fraction of sp³-hybridized carbons (Fsp3) is 0.250. The number of aliphatic hydroxyl groups is 1. The summed E-state index contributed by atoms with van der Waals surface area (Å²) < 4.78 is 4.52. The Bertz CT molecular complexity index is 1010. The van der Waals surface area contributed by atoms with Crippen LogP contribution < -0.4 is 0 Å². The molecule has 0 radical (unpaired) electrons. The van der Waals surface area contributed by atoms with Gasteiger partial charge in [0, 0.05) is 17.1 Å². The van der Waals surface area contributed by atoms with E-state index in [4.69, 9.17) is 11.6 Å². The predicted octanol–water partition coefficient (Wildman–Crippen LogP) is 3.76. The van der Waals surface area contributed by atoms with Crippen LogP contribution in [0, 0.1) is 0 Å². The third-order valence-corrected chi connectivity index (χ3v) is 5.94. The molecule has 26 heavy (non-hydrogen) atoms. The molecule has 0 bridgehead atoms. The maximum absolute atomic E-state index is 9.39. The molecule has 10 heteroatoms. The van der Waals surface area contributed by atoms with Crippen molar-refractivity contribution in [2.75, 3.05) is 0 Å². The zero-order valence-electron chi connectivity index (χ0n) is 13.8. The van der Waals surface area contributed by atoms with Crippen molar-refractivity contribution in [3.05, 3.63) is 41.3 Å². The van der Waals surface area contributed by atoms with E-state index in [1.54, 1.807) is 4.52 Å². The van der Waals surface area contributed by atoms with Gasteiger partial charge in [0.1, 0.15) is 6.61 Å². The molecular formula is C16H15ClN6OS2. The summed E-state index contributed by atoms with van der Waals surface area (Å²) in [6.45, 7) is 2.71. The van der Waals surface area contributed by atoms with Gasteiger partial charge in [0.15, 0.2) is 15.3 Å². The molecule has 0 fully saturated rings. The van der Waals surface area contributed by atoms with E-state index in [2.05, 4.69) is 27.2 Å². The fourth-order valence-electron chi connectivity index (χ4n) is 2.52. The Morgan fingerprint density at radius 2 is 2.04 bits per heavy atom. The molecule has 1 aromatic carbocycles. The van der Waals surface area contributed by atoms with E-state index >= 15 is 0 Å². The van der Waals surface area contributed by atoms with Gasteiger partial charge in [-0.25, -0.2) is 9.50 Å². The van der Waals surface area contributed by atoms with Crippen molar-refractivity contribution in [3.8, 4) is 11.3 Å². The molecule has 0 aliphatic heterocycles. The average molecular weight is 407 g/mol. The minimum atomic E-state index is -0.126. The first-order valence-corrected chi connectivity index (χ1v) is 10.0. The lowest BCUT2D eigenvalue weighted by molar-refractivity contribution is 0.263. The van der Waals surface area contributed by atoms with Gasteiger partial charge in [-0.2, -0.15) is 0 Å². The number of hydrogen-bond acceptors (Lipinski definition) is 7. The Morgan fingerprint density at radius 3 is 2.73 bits per heavy atom. The third kappa shape index (κ3) is 3.35. The number of rotatable bonds is 6. The first-order chi connectivity index (χ1) is 12.7. The van der Waals surface area contributed by atoms with Crippen LogP contribution in [-0.2, 0) is 13.2 Å². The first-order valence-electron chi connectivity index (χ1n) is 8.01. The Morgan fingerprint density at radius 1 is 1.23 bits per heavy atom. The van der Waals surface area contributed by atoms with Crippen LogP contribution in [0.5, 0.6) is 0 Å². The largest absolute Gasteiger partial charge is 0.388 e. The van der Waals surface area contributed by atoms with E-state index in [9.17, 15) is 5.11 Å². The zero-order chi connectivity index (χ0) is 18.1. The van der Waals surface area contributed by atoms with Crippen molar-refractivity contribution in [3.63, 3.8) is 0 Å². The molecule has 0 spiro atoms. The minimum absolute atomic E-state index is 0.126. The molecule has 134 valence electrons. The summed E-state index contributed by atoms with van der Waals surface area (Å²) in [5.41, 5.74) is 1.85. The molecule has 0 atom stereocenters. The lowest BCUT2D eigenvalue weighted by atomic mass is 10.2. The Kier molecular flexibility index (Phi) is 4.94. The van der Waals surface area contributed by atoms with E-state index < -0.39 is 0 Å². The van der Waals surface area contributed by atoms with Gasteiger partial charge in [-0.15, -0.1) is 15.3 Å². The number of aliphatic hydroxyl groups excluding tert-OH is 1. The van der Waals surface area contributed by atoms with Gasteiger partial charge in [0.05, 0.1) is 11.9 Å². The van der Waals surface area contributed by atoms with Crippen molar-refractivity contribution < 1.29 is 5.11 Å². The van der Waals surface area contributed by atoms with Crippen LogP contribution in [0.4, 0.5) is 0 Å². The van der Waals surface area contributed by atoms with Gasteiger partial charge < -0.3 is 9.67 Å². The van der Waals surface area contributed by atoms with Gasteiger partial charge >= 0.3 is 0 Å². The Labute approximate surface area is 162 Å². The molecule has 7 nitrogen and oxygen atoms in total. The Hall–Kier alpha value is -1.94. The van der Waals surface area contributed by atoms with E-state index in [-0.39, 0.29) is 6.61 Å². The predicted molar refractivity (Wildman–Crippen MR) is 102 cm³/mol. The second kappa shape index (κ2) is 7.36. The van der Waals surface area contributed by atoms with Crippen LogP contribution in [0.2, 0.25) is 5.02 Å². The number of aromatic nitrogens is 6. The molecule has 0 saturated carbocycles. The monoisotopic (exact) mass is 406 g/mol. The standard InChI is InChI=1S/C16H15ClN6OS2/c1-2-7-22-13(9-24)19-20-15(22)26-16-21-23-8-12(18-14(23)25-16)10-3-5-11(17)6-4-10/h3-6,8,24H,2,7,9H2,1H3. The van der Waals surface area contributed by atoms with E-state index in [1.807, 2.05) is 35.0 Å². The molecule has 0 aliphatic carbocycles. The van der Waals surface area contributed by atoms with E-state index in [0.717, 1.165) is 38.7 Å². The highest BCUT2D eigenvalue weighted by molar-refractivity contribution is 8.01. The quantitative estimate of drug-likeness (QED) is 0.525. The SMILES string of the molecule is CCCn1c(CO)nnc1Sc1nn2cc(-c3ccc(Cl)cc3)nc2s1. The van der Waals surface area contributed by atoms with Crippen LogP contribution in [0.15, 0.2) is 40.0 Å². The first kappa shape index (κ1) is 17.5. The summed E-state index contributed by atoms with van der Waals surface area (Å²) in [5, 5.41) is 23.6. The molecular weight excluding hydrogens is 392 g/mol. The van der Waals surface area contributed by atoms with Crippen LogP contribution in [-0.4, -0.2) is 34.5 Å². The second-order valence-electron chi connectivity index (χ2n) is 5.54. The van der Waals surface area contributed by atoms with Crippen LogP contribution in [0.25, 0.3) is 16.2 Å². The highest BCUT2D eigenvalue weighted by Crippen LogP contribution is 2.32. The Balaban J connectivity index is 1.60. The maximum Gasteiger partial charge on any atom is 0.213 e. The van der Waals surface area contributed by atoms with Crippen molar-refractivity contribution in [2.24, 2.45) is 0 Å². The smallest absolute Gasteiger partial charge is 0.213 e. The summed E-state index contributed by atoms with van der Waals surface area (Å²) in [5.74, 6) is 0.570. The number of imidazole rings is 1. The number of nitrogens with zero attached hydrogens (tertiary/aromatic N) is 6. The van der Waals surface area contributed by atoms with Gasteiger partial charge in [0.25, 0.3) is 0 Å². The number of hydrogen-bond donors (Lipinski definition) is 1. The van der Waals surface area contributed by atoms with Crippen LogP contribution in [0.3, 0.4) is 0 Å². The van der Waals surface area contributed by atoms with Gasteiger partial charge in [-0.05, 0) is 30.3 Å². The van der Waals surface area contributed by atoms with Crippen LogP contribution >= 0.6 is 34.7 Å². The van der Waals surface area contributed by atoms with Gasteiger partial charge in [-0.3, -0.25) is 0 Å². The van der Waals surface area contributed by atoms with E-state index in [1.165, 1.54) is 23.1 Å². The van der Waals surface area contributed by atoms with Crippen LogP contribution in [0.1, 0.15) is 19.2 Å². The van der Waals surface area contributed by atoms with Crippen molar-refractivity contribution in [2.45, 2.75) is 36.0 Å². The van der Waals surface area contributed by atoms with Crippen molar-refractivity contribution in [1.82, 2.24) is 29.4 Å². The lowest BCUT2D eigenvalue weighted by Crippen LogP contribution is -2.04.